The van der Waals surface area contributed by atoms with Crippen LogP contribution in [0.2, 0.25) is 16.6 Å². The molecule has 0 spiro atoms. The quantitative estimate of drug-likeness (QED) is 0.363. The van der Waals surface area contributed by atoms with E-state index in [4.69, 9.17) is 24.5 Å². The normalized spacial score (nSPS) is 20.2. The maximum atomic E-state index is 6.68. The summed E-state index contributed by atoms with van der Waals surface area (Å²) in [5.74, 6) is 1.69. The molecule has 2 unspecified atom stereocenters. The molecule has 6 heteroatoms. The summed E-state index contributed by atoms with van der Waals surface area (Å²) in [6.45, 7) is 11.8. The summed E-state index contributed by atoms with van der Waals surface area (Å²) in [6, 6.07) is 6.00. The van der Waals surface area contributed by atoms with Crippen LogP contribution in [0.15, 0.2) is 24.4 Å². The molecule has 2 nitrogen and oxygen atoms in total. The number of hydrogen-bond donors (Lipinski definition) is 0. The third-order valence-corrected chi connectivity index (χ3v) is 11.0. The molecule has 139 valence electrons. The molecule has 1 aromatic rings. The molecule has 0 bridgehead atoms. The number of pyridine rings is 1. The zero-order chi connectivity index (χ0) is 17.5. The van der Waals surface area contributed by atoms with Gasteiger partial charge in [-0.05, 0) is 47.5 Å². The minimum absolute atomic E-state index is 0. The summed E-state index contributed by atoms with van der Waals surface area (Å²) in [7, 11) is 7.79. The summed E-state index contributed by atoms with van der Waals surface area (Å²) in [5, 5.41) is 0. The molecular weight excluding hydrogens is 397 g/mol. The van der Waals surface area contributed by atoms with E-state index in [-0.39, 0.29) is 20.8 Å². The van der Waals surface area contributed by atoms with Crippen LogP contribution in [-0.2, 0) is 13.4 Å². The maximum absolute atomic E-state index is 6.68. The fourth-order valence-corrected chi connectivity index (χ4v) is 9.86. The zero-order valence-electron chi connectivity index (χ0n) is 15.8. The van der Waals surface area contributed by atoms with Crippen molar-refractivity contribution in [1.29, 1.82) is 0 Å². The molecular formula is C18H32Cl2CrNOSi. The van der Waals surface area contributed by atoms with Crippen molar-refractivity contribution in [3.05, 3.63) is 31.8 Å². The van der Waals surface area contributed by atoms with Crippen LogP contribution in [0.4, 0.5) is 0 Å². The Morgan fingerprint density at radius 1 is 1.17 bits per heavy atom. The van der Waals surface area contributed by atoms with Crippen molar-refractivity contribution in [3.63, 3.8) is 0 Å². The van der Waals surface area contributed by atoms with Crippen LogP contribution in [0.3, 0.4) is 0 Å². The fraction of sp³-hybridized carbons (Fsp3) is 0.667. The number of hydrogen-bond acceptors (Lipinski definition) is 2. The third kappa shape index (κ3) is 6.22. The monoisotopic (exact) mass is 428 g/mol. The van der Waals surface area contributed by atoms with Gasteiger partial charge < -0.3 is 11.9 Å². The number of aromatic nitrogens is 1. The van der Waals surface area contributed by atoms with Crippen molar-refractivity contribution in [2.75, 3.05) is 0 Å². The molecule has 0 saturated heterocycles. The number of nitrogens with zero attached hydrogens (tertiary/aromatic N) is 1. The van der Waals surface area contributed by atoms with E-state index in [0.717, 1.165) is 17.3 Å². The second-order valence-electron chi connectivity index (χ2n) is 7.11. The standard InChI is InChI=1S/C17H29NOSi.CH3.2ClH.Cr/c1-13(2)20(14(3)4,16-10-9-15(5)12-16)19-17-8-6-7-11-18-17;;;;/h6-8,11,13-16H,9-10,12H2,1-5H3;1H3;2*1H;/q;-1;;;+3/p-2. The van der Waals surface area contributed by atoms with Crippen LogP contribution in [0.1, 0.15) is 53.9 Å². The number of rotatable bonds is 5. The van der Waals surface area contributed by atoms with E-state index in [1.807, 2.05) is 24.4 Å². The molecule has 0 aliphatic heterocycles. The molecule has 1 heterocycles. The van der Waals surface area contributed by atoms with Gasteiger partial charge in [0.15, 0.2) is 5.88 Å². The Hall–Kier alpha value is 0.279. The Labute approximate surface area is 164 Å². The van der Waals surface area contributed by atoms with E-state index in [2.05, 4.69) is 39.6 Å². The second-order valence-corrected chi connectivity index (χ2v) is 14.2. The van der Waals surface area contributed by atoms with Gasteiger partial charge in [0.1, 0.15) is 0 Å². The molecule has 0 aromatic carbocycles. The van der Waals surface area contributed by atoms with Crippen molar-refractivity contribution in [1.82, 2.24) is 4.98 Å². The van der Waals surface area contributed by atoms with Gasteiger partial charge in [0.25, 0.3) is 8.32 Å². The van der Waals surface area contributed by atoms with Gasteiger partial charge in [0, 0.05) is 6.20 Å². The van der Waals surface area contributed by atoms with Gasteiger partial charge in [-0.2, -0.15) is 0 Å². The van der Waals surface area contributed by atoms with Gasteiger partial charge in [-0.3, -0.25) is 0 Å². The van der Waals surface area contributed by atoms with Gasteiger partial charge in [0.05, 0.1) is 0 Å². The van der Waals surface area contributed by atoms with E-state index >= 15 is 0 Å². The third-order valence-electron chi connectivity index (χ3n) is 5.06. The van der Waals surface area contributed by atoms with Crippen LogP contribution < -0.4 is 4.43 Å². The van der Waals surface area contributed by atoms with Crippen LogP contribution >= 0.6 is 20.1 Å². The summed E-state index contributed by atoms with van der Waals surface area (Å²) < 4.78 is 6.68. The predicted octanol–water partition coefficient (Wildman–Crippen LogP) is 7.24. The summed E-state index contributed by atoms with van der Waals surface area (Å²) >= 11 is -0.181. The van der Waals surface area contributed by atoms with Crippen molar-refractivity contribution in [3.8, 4) is 5.88 Å². The first-order chi connectivity index (χ1) is 10.9. The van der Waals surface area contributed by atoms with Crippen LogP contribution in [0.25, 0.3) is 0 Å². The van der Waals surface area contributed by atoms with Gasteiger partial charge in [-0.15, -0.1) is 0 Å². The Morgan fingerprint density at radius 2 is 1.75 bits per heavy atom. The molecule has 0 radical (unpaired) electrons. The van der Waals surface area contributed by atoms with Crippen LogP contribution in [-0.4, -0.2) is 13.3 Å². The number of halogens is 2. The van der Waals surface area contributed by atoms with E-state index < -0.39 is 8.32 Å². The van der Waals surface area contributed by atoms with Crippen LogP contribution in [0.5, 0.6) is 5.88 Å². The second kappa shape index (κ2) is 11.8. The van der Waals surface area contributed by atoms with Crippen molar-refractivity contribution >= 4 is 28.4 Å². The first-order valence-corrected chi connectivity index (χ1v) is 14.0. The summed E-state index contributed by atoms with van der Waals surface area (Å²) in [4.78, 5) is 4.43. The van der Waals surface area contributed by atoms with E-state index in [0.29, 0.717) is 11.1 Å². The van der Waals surface area contributed by atoms with Crippen molar-refractivity contribution in [2.45, 2.75) is 70.5 Å². The predicted molar refractivity (Wildman–Crippen MR) is 106 cm³/mol. The first kappa shape index (κ1) is 24.3. The minimum atomic E-state index is -1.86. The summed E-state index contributed by atoms with van der Waals surface area (Å²) in [5.41, 5.74) is 2.03. The molecule has 1 fully saturated rings. The molecule has 1 aromatic heterocycles. The zero-order valence-corrected chi connectivity index (χ0v) is 19.5. The average molecular weight is 429 g/mol. The van der Waals surface area contributed by atoms with Crippen molar-refractivity contribution < 1.29 is 17.8 Å². The van der Waals surface area contributed by atoms with E-state index in [9.17, 15) is 0 Å². The topological polar surface area (TPSA) is 22.1 Å². The van der Waals surface area contributed by atoms with Crippen LogP contribution in [0, 0.1) is 13.3 Å². The Bertz CT molecular complexity index is 440. The fourth-order valence-electron chi connectivity index (χ4n) is 4.13. The molecule has 2 atom stereocenters. The summed E-state index contributed by atoms with van der Waals surface area (Å²) in [6.07, 6.45) is 5.89. The SMILES string of the molecule is CC1CCC([Si](Oc2ccccn2)(C(C)C)C(C)C)C1.[CH3-].[Cl][Cr+][Cl]. The molecule has 0 amide bonds. The molecule has 24 heavy (non-hydrogen) atoms. The molecule has 2 rings (SSSR count). The Morgan fingerprint density at radius 3 is 2.12 bits per heavy atom. The Kier molecular flexibility index (Phi) is 11.9. The molecule has 0 N–H and O–H groups in total. The van der Waals surface area contributed by atoms with Gasteiger partial charge in [-0.1, -0.05) is 47.1 Å². The van der Waals surface area contributed by atoms with E-state index in [1.165, 1.54) is 19.3 Å². The van der Waals surface area contributed by atoms with Crippen molar-refractivity contribution in [2.24, 2.45) is 5.92 Å². The van der Waals surface area contributed by atoms with Gasteiger partial charge in [0.2, 0.25) is 0 Å². The molecule has 1 saturated carbocycles. The Balaban J connectivity index is 0.00000123. The first-order valence-electron chi connectivity index (χ1n) is 8.37. The van der Waals surface area contributed by atoms with Gasteiger partial charge in [-0.25, -0.2) is 4.98 Å². The molecule has 1 aliphatic rings. The average Bonchev–Trinajstić information content (AvgIpc) is 2.92. The molecule has 1 aliphatic carbocycles. The van der Waals surface area contributed by atoms with Gasteiger partial charge >= 0.3 is 33.5 Å². The van der Waals surface area contributed by atoms with E-state index in [1.54, 1.807) is 0 Å².